The number of carboxylic acids is 1. The molecule has 1 heterocycles. The lowest BCUT2D eigenvalue weighted by atomic mass is 10.1. The molecule has 1 aromatic heterocycles. The highest BCUT2D eigenvalue weighted by Gasteiger charge is 2.17. The van der Waals surface area contributed by atoms with Crippen molar-refractivity contribution >= 4 is 23.2 Å². The van der Waals surface area contributed by atoms with Crippen molar-refractivity contribution in [2.24, 2.45) is 5.92 Å². The van der Waals surface area contributed by atoms with Crippen molar-refractivity contribution in [2.75, 3.05) is 13.2 Å². The van der Waals surface area contributed by atoms with Gasteiger partial charge >= 0.3 is 5.97 Å². The molecule has 0 spiro atoms. The van der Waals surface area contributed by atoms with Crippen molar-refractivity contribution < 1.29 is 19.4 Å². The molecule has 1 aromatic carbocycles. The third-order valence-corrected chi connectivity index (χ3v) is 4.75. The summed E-state index contributed by atoms with van der Waals surface area (Å²) in [5, 5.41) is 12.3. The lowest BCUT2D eigenvalue weighted by Crippen LogP contribution is -2.29. The maximum Gasteiger partial charge on any atom is 0.303 e. The summed E-state index contributed by atoms with van der Waals surface area (Å²) in [7, 11) is 0. The molecule has 0 bridgehead atoms. The molecule has 0 saturated carbocycles. The Labute approximate surface area is 150 Å². The van der Waals surface area contributed by atoms with Crippen LogP contribution in [0.2, 0.25) is 0 Å². The van der Waals surface area contributed by atoms with Gasteiger partial charge in [0.25, 0.3) is 5.91 Å². The van der Waals surface area contributed by atoms with E-state index in [0.717, 1.165) is 16.3 Å². The van der Waals surface area contributed by atoms with E-state index in [2.05, 4.69) is 10.3 Å². The van der Waals surface area contributed by atoms with E-state index in [1.165, 1.54) is 11.3 Å². The molecule has 1 unspecified atom stereocenters. The lowest BCUT2D eigenvalue weighted by molar-refractivity contribution is -0.137. The molecule has 2 N–H and O–H groups in total. The molecule has 0 aliphatic rings. The van der Waals surface area contributed by atoms with E-state index in [0.29, 0.717) is 23.7 Å². The molecule has 6 nitrogen and oxygen atoms in total. The van der Waals surface area contributed by atoms with Crippen LogP contribution < -0.4 is 10.1 Å². The van der Waals surface area contributed by atoms with Gasteiger partial charge in [0, 0.05) is 18.5 Å². The number of carbonyl (C=O) groups is 2. The van der Waals surface area contributed by atoms with E-state index >= 15 is 0 Å². The van der Waals surface area contributed by atoms with Gasteiger partial charge in [-0.15, -0.1) is 11.3 Å². The van der Waals surface area contributed by atoms with Crippen molar-refractivity contribution in [1.29, 1.82) is 0 Å². The molecule has 0 aliphatic heterocycles. The van der Waals surface area contributed by atoms with E-state index < -0.39 is 5.97 Å². The van der Waals surface area contributed by atoms with Gasteiger partial charge in [0.15, 0.2) is 0 Å². The number of amides is 1. The van der Waals surface area contributed by atoms with Gasteiger partial charge in [-0.25, -0.2) is 4.98 Å². The molecular weight excluding hydrogens is 340 g/mol. The van der Waals surface area contributed by atoms with Crippen LogP contribution in [0.15, 0.2) is 24.3 Å². The highest BCUT2D eigenvalue weighted by Crippen LogP contribution is 2.29. The molecule has 7 heteroatoms. The van der Waals surface area contributed by atoms with Crippen LogP contribution in [-0.2, 0) is 4.79 Å². The number of carbonyl (C=O) groups excluding carboxylic acids is 1. The zero-order valence-electron chi connectivity index (χ0n) is 14.5. The normalized spacial score (nSPS) is 11.8. The van der Waals surface area contributed by atoms with Crippen LogP contribution in [0.1, 0.15) is 35.6 Å². The summed E-state index contributed by atoms with van der Waals surface area (Å²) in [6.45, 7) is 6.45. The van der Waals surface area contributed by atoms with Crippen molar-refractivity contribution in [3.05, 3.63) is 34.8 Å². The van der Waals surface area contributed by atoms with Crippen LogP contribution in [0.4, 0.5) is 0 Å². The Morgan fingerprint density at radius 1 is 1.32 bits per heavy atom. The third-order valence-electron chi connectivity index (χ3n) is 3.55. The van der Waals surface area contributed by atoms with Gasteiger partial charge in [-0.3, -0.25) is 9.59 Å². The summed E-state index contributed by atoms with van der Waals surface area (Å²) in [6, 6.07) is 7.59. The van der Waals surface area contributed by atoms with E-state index in [-0.39, 0.29) is 18.2 Å². The lowest BCUT2D eigenvalue weighted by Gasteiger charge is -2.09. The van der Waals surface area contributed by atoms with Crippen molar-refractivity contribution in [3.8, 4) is 16.3 Å². The molecule has 1 atom stereocenters. The summed E-state index contributed by atoms with van der Waals surface area (Å²) < 4.78 is 5.42. The number of thiazole rings is 1. The number of aliphatic carboxylic acids is 1. The van der Waals surface area contributed by atoms with Gasteiger partial charge in [-0.2, -0.15) is 0 Å². The second-order valence-electron chi connectivity index (χ2n) is 5.80. The number of benzene rings is 1. The zero-order chi connectivity index (χ0) is 18.4. The first-order valence-electron chi connectivity index (χ1n) is 8.11. The van der Waals surface area contributed by atoms with Crippen LogP contribution in [0, 0.1) is 12.8 Å². The number of carboxylic acid groups (broad SMARTS) is 1. The average molecular weight is 362 g/mol. The quantitative estimate of drug-likeness (QED) is 0.752. The van der Waals surface area contributed by atoms with Crippen LogP contribution in [-0.4, -0.2) is 35.1 Å². The molecule has 0 saturated heterocycles. The highest BCUT2D eigenvalue weighted by molar-refractivity contribution is 7.17. The second kappa shape index (κ2) is 8.62. The van der Waals surface area contributed by atoms with E-state index in [9.17, 15) is 9.59 Å². The van der Waals surface area contributed by atoms with Crippen molar-refractivity contribution in [1.82, 2.24) is 10.3 Å². The van der Waals surface area contributed by atoms with Crippen molar-refractivity contribution in [2.45, 2.75) is 27.2 Å². The number of rotatable bonds is 8. The van der Waals surface area contributed by atoms with E-state index in [4.69, 9.17) is 9.84 Å². The predicted molar refractivity (Wildman–Crippen MR) is 97.2 cm³/mol. The number of nitrogens with zero attached hydrogens (tertiary/aromatic N) is 1. The highest BCUT2D eigenvalue weighted by atomic mass is 32.1. The monoisotopic (exact) mass is 362 g/mol. The second-order valence-corrected chi connectivity index (χ2v) is 6.80. The Hall–Kier alpha value is -2.41. The standard InChI is InChI=1S/C18H22N2O4S/c1-4-24-14-7-5-13(6-8-14)18-20-12(3)16(25-18)17(23)19-10-11(2)9-15(21)22/h5-8,11H,4,9-10H2,1-3H3,(H,19,23)(H,21,22). The Bertz CT molecular complexity index is 740. The van der Waals surface area contributed by atoms with Gasteiger partial charge in [0.05, 0.1) is 12.3 Å². The molecule has 2 rings (SSSR count). The topological polar surface area (TPSA) is 88.5 Å². The minimum Gasteiger partial charge on any atom is -0.494 e. The Balaban J connectivity index is 2.05. The van der Waals surface area contributed by atoms with Crippen molar-refractivity contribution in [3.63, 3.8) is 0 Å². The smallest absolute Gasteiger partial charge is 0.303 e. The fourth-order valence-corrected chi connectivity index (χ4v) is 3.30. The SMILES string of the molecule is CCOc1ccc(-c2nc(C)c(C(=O)NCC(C)CC(=O)O)s2)cc1. The molecule has 25 heavy (non-hydrogen) atoms. The van der Waals surface area contributed by atoms with Crippen LogP contribution in [0.5, 0.6) is 5.75 Å². The van der Waals surface area contributed by atoms with Crippen LogP contribution in [0.25, 0.3) is 10.6 Å². The van der Waals surface area contributed by atoms with Gasteiger partial charge in [-0.05, 0) is 44.0 Å². The van der Waals surface area contributed by atoms with Crippen LogP contribution in [0.3, 0.4) is 0 Å². The Morgan fingerprint density at radius 2 is 2.00 bits per heavy atom. The molecular formula is C18H22N2O4S. The van der Waals surface area contributed by atoms with Gasteiger partial charge in [0.1, 0.15) is 15.6 Å². The maximum atomic E-state index is 12.3. The average Bonchev–Trinajstić information content (AvgIpc) is 2.95. The minimum absolute atomic E-state index is 0.0272. The van der Waals surface area contributed by atoms with Gasteiger partial charge in [-0.1, -0.05) is 6.92 Å². The molecule has 0 radical (unpaired) electrons. The van der Waals surface area contributed by atoms with Gasteiger partial charge in [0.2, 0.25) is 0 Å². The van der Waals surface area contributed by atoms with Gasteiger partial charge < -0.3 is 15.2 Å². The molecule has 0 aliphatic carbocycles. The maximum absolute atomic E-state index is 12.3. The first-order chi connectivity index (χ1) is 11.9. The number of aryl methyl sites for hydroxylation is 1. The molecule has 0 fully saturated rings. The number of ether oxygens (including phenoxy) is 1. The van der Waals surface area contributed by atoms with Crippen LogP contribution >= 0.6 is 11.3 Å². The third kappa shape index (κ3) is 5.29. The number of nitrogens with one attached hydrogen (secondary N) is 1. The first kappa shape index (κ1) is 18.9. The fraction of sp³-hybridized carbons (Fsp3) is 0.389. The largest absolute Gasteiger partial charge is 0.494 e. The van der Waals surface area contributed by atoms with E-state index in [1.54, 1.807) is 13.8 Å². The molecule has 134 valence electrons. The predicted octanol–water partition coefficient (Wildman–Crippen LogP) is 3.36. The Morgan fingerprint density at radius 3 is 2.60 bits per heavy atom. The summed E-state index contributed by atoms with van der Waals surface area (Å²) in [6.07, 6.45) is 0.0272. The minimum atomic E-state index is -0.867. The zero-order valence-corrected chi connectivity index (χ0v) is 15.4. The molecule has 2 aromatic rings. The number of hydrogen-bond acceptors (Lipinski definition) is 5. The fourth-order valence-electron chi connectivity index (χ4n) is 2.31. The number of aromatic nitrogens is 1. The molecule has 1 amide bonds. The summed E-state index contributed by atoms with van der Waals surface area (Å²) in [5.41, 5.74) is 1.59. The summed E-state index contributed by atoms with van der Waals surface area (Å²) in [5.74, 6) is -0.414. The summed E-state index contributed by atoms with van der Waals surface area (Å²) in [4.78, 5) is 28.0. The summed E-state index contributed by atoms with van der Waals surface area (Å²) >= 11 is 1.33. The number of hydrogen-bond donors (Lipinski definition) is 2. The van der Waals surface area contributed by atoms with E-state index in [1.807, 2.05) is 31.2 Å². The Kier molecular flexibility index (Phi) is 6.52. The first-order valence-corrected chi connectivity index (χ1v) is 8.93.